The van der Waals surface area contributed by atoms with Crippen LogP contribution >= 0.6 is 22.6 Å². The van der Waals surface area contributed by atoms with Gasteiger partial charge in [0.05, 0.1) is 0 Å². The highest BCUT2D eigenvalue weighted by Gasteiger charge is 2.43. The molecule has 15 heavy (non-hydrogen) atoms. The van der Waals surface area contributed by atoms with E-state index in [-0.39, 0.29) is 0 Å². The minimum Gasteiger partial charge on any atom is -0.326 e. The predicted molar refractivity (Wildman–Crippen MR) is 67.7 cm³/mol. The molecular weight excluding hydrogens is 301 g/mol. The summed E-state index contributed by atoms with van der Waals surface area (Å²) in [5.74, 6) is 0. The van der Waals surface area contributed by atoms with E-state index in [1.807, 2.05) is 6.20 Å². The standard InChI is InChI=1S/C11H12IN3/c1-2-11(4-5-11)15-6-3-8-7-13-10(12)14-9(8)15/h3,6-7H,2,4-5H2,1H3. The predicted octanol–water partition coefficient (Wildman–Crippen LogP) is 2.94. The van der Waals surface area contributed by atoms with E-state index in [4.69, 9.17) is 0 Å². The van der Waals surface area contributed by atoms with E-state index in [0.29, 0.717) is 5.54 Å². The van der Waals surface area contributed by atoms with Gasteiger partial charge in [0.2, 0.25) is 0 Å². The summed E-state index contributed by atoms with van der Waals surface area (Å²) in [6, 6.07) is 2.11. The van der Waals surface area contributed by atoms with Crippen molar-refractivity contribution < 1.29 is 0 Å². The second-order valence-corrected chi connectivity index (χ2v) is 5.15. The van der Waals surface area contributed by atoms with Crippen molar-refractivity contribution in [2.75, 3.05) is 0 Å². The van der Waals surface area contributed by atoms with Gasteiger partial charge in [-0.15, -0.1) is 0 Å². The number of aromatic nitrogens is 3. The molecule has 0 spiro atoms. The first kappa shape index (κ1) is 9.57. The smallest absolute Gasteiger partial charge is 0.192 e. The Morgan fingerprint density at radius 3 is 3.00 bits per heavy atom. The fraction of sp³-hybridized carbons (Fsp3) is 0.455. The molecule has 78 valence electrons. The highest BCUT2D eigenvalue weighted by atomic mass is 127. The van der Waals surface area contributed by atoms with Gasteiger partial charge in [-0.2, -0.15) is 0 Å². The van der Waals surface area contributed by atoms with Crippen LogP contribution in [0.2, 0.25) is 0 Å². The first-order valence-corrected chi connectivity index (χ1v) is 6.33. The summed E-state index contributed by atoms with van der Waals surface area (Å²) in [6.07, 6.45) is 7.83. The third-order valence-electron chi connectivity index (χ3n) is 3.39. The first-order valence-electron chi connectivity index (χ1n) is 5.25. The molecule has 0 bridgehead atoms. The minimum atomic E-state index is 0.360. The molecule has 0 radical (unpaired) electrons. The molecule has 4 heteroatoms. The van der Waals surface area contributed by atoms with Gasteiger partial charge >= 0.3 is 0 Å². The second-order valence-electron chi connectivity index (χ2n) is 4.18. The van der Waals surface area contributed by atoms with Crippen LogP contribution < -0.4 is 0 Å². The Hall–Kier alpha value is -0.650. The summed E-state index contributed by atoms with van der Waals surface area (Å²) in [7, 11) is 0. The molecule has 3 nitrogen and oxygen atoms in total. The molecule has 2 aromatic rings. The molecule has 0 unspecified atom stereocenters. The topological polar surface area (TPSA) is 30.7 Å². The molecule has 0 aromatic carbocycles. The maximum atomic E-state index is 4.53. The number of halogens is 1. The van der Waals surface area contributed by atoms with E-state index in [9.17, 15) is 0 Å². The lowest BCUT2D eigenvalue weighted by Crippen LogP contribution is -2.15. The molecule has 0 amide bonds. The summed E-state index contributed by atoms with van der Waals surface area (Å²) < 4.78 is 3.17. The van der Waals surface area contributed by atoms with Crippen molar-refractivity contribution in [1.82, 2.24) is 14.5 Å². The molecule has 2 heterocycles. The minimum absolute atomic E-state index is 0.360. The van der Waals surface area contributed by atoms with Gasteiger partial charge in [0.15, 0.2) is 3.83 Å². The monoisotopic (exact) mass is 313 g/mol. The fourth-order valence-corrected chi connectivity index (χ4v) is 2.56. The average Bonchev–Trinajstić information content (AvgIpc) is 2.93. The van der Waals surface area contributed by atoms with Crippen molar-refractivity contribution >= 4 is 33.6 Å². The van der Waals surface area contributed by atoms with Crippen molar-refractivity contribution in [1.29, 1.82) is 0 Å². The number of rotatable bonds is 2. The zero-order valence-corrected chi connectivity index (χ0v) is 10.7. The molecule has 1 fully saturated rings. The van der Waals surface area contributed by atoms with Crippen molar-refractivity contribution in [3.05, 3.63) is 22.3 Å². The van der Waals surface area contributed by atoms with Crippen LogP contribution in [0.1, 0.15) is 26.2 Å². The van der Waals surface area contributed by atoms with Gasteiger partial charge in [-0.05, 0) is 25.3 Å². The fourth-order valence-electron chi connectivity index (χ4n) is 2.19. The van der Waals surface area contributed by atoms with E-state index in [0.717, 1.165) is 14.9 Å². The number of hydrogen-bond acceptors (Lipinski definition) is 2. The summed E-state index contributed by atoms with van der Waals surface area (Å²) in [5, 5.41) is 1.15. The van der Waals surface area contributed by atoms with Crippen molar-refractivity contribution in [2.24, 2.45) is 0 Å². The summed E-state index contributed by atoms with van der Waals surface area (Å²) in [4.78, 5) is 8.74. The molecule has 2 aromatic heterocycles. The molecule has 0 N–H and O–H groups in total. The maximum Gasteiger partial charge on any atom is 0.192 e. The Labute approximate surface area is 102 Å². The Morgan fingerprint density at radius 1 is 1.53 bits per heavy atom. The Balaban J connectivity index is 2.23. The maximum absolute atomic E-state index is 4.53. The van der Waals surface area contributed by atoms with Crippen LogP contribution in [-0.4, -0.2) is 14.5 Å². The van der Waals surface area contributed by atoms with Crippen LogP contribution in [0.25, 0.3) is 11.0 Å². The van der Waals surface area contributed by atoms with E-state index >= 15 is 0 Å². The van der Waals surface area contributed by atoms with E-state index in [1.54, 1.807) is 0 Å². The number of fused-ring (bicyclic) bond motifs is 1. The zero-order valence-electron chi connectivity index (χ0n) is 8.57. The lowest BCUT2D eigenvalue weighted by atomic mass is 10.2. The SMILES string of the molecule is CCC1(n2ccc3cnc(I)nc32)CC1. The molecule has 1 aliphatic rings. The van der Waals surface area contributed by atoms with Crippen LogP contribution in [-0.2, 0) is 5.54 Å². The van der Waals surface area contributed by atoms with Crippen molar-refractivity contribution in [3.8, 4) is 0 Å². The van der Waals surface area contributed by atoms with Crippen molar-refractivity contribution in [3.63, 3.8) is 0 Å². The van der Waals surface area contributed by atoms with Gasteiger partial charge in [-0.1, -0.05) is 6.92 Å². The van der Waals surface area contributed by atoms with E-state index < -0.39 is 0 Å². The number of hydrogen-bond donors (Lipinski definition) is 0. The molecule has 3 rings (SSSR count). The van der Waals surface area contributed by atoms with Crippen LogP contribution in [0, 0.1) is 3.83 Å². The third-order valence-corrected chi connectivity index (χ3v) is 3.91. The molecule has 1 saturated carbocycles. The third kappa shape index (κ3) is 1.38. The molecular formula is C11H12IN3. The summed E-state index contributed by atoms with van der Waals surface area (Å²) in [5.41, 5.74) is 1.45. The quantitative estimate of drug-likeness (QED) is 0.630. The summed E-state index contributed by atoms with van der Waals surface area (Å²) in [6.45, 7) is 2.25. The van der Waals surface area contributed by atoms with Gasteiger partial charge in [0, 0.05) is 45.9 Å². The summed E-state index contributed by atoms with van der Waals surface area (Å²) >= 11 is 2.17. The van der Waals surface area contributed by atoms with Crippen LogP contribution in [0.15, 0.2) is 18.5 Å². The van der Waals surface area contributed by atoms with Crippen LogP contribution in [0.5, 0.6) is 0 Å². The van der Waals surface area contributed by atoms with Gasteiger partial charge in [0.25, 0.3) is 0 Å². The molecule has 0 atom stereocenters. The highest BCUT2D eigenvalue weighted by Crippen LogP contribution is 2.47. The second kappa shape index (κ2) is 3.17. The average molecular weight is 313 g/mol. The normalized spacial score (nSPS) is 18.3. The number of nitrogens with zero attached hydrogens (tertiary/aromatic N) is 3. The molecule has 0 aliphatic heterocycles. The lowest BCUT2D eigenvalue weighted by molar-refractivity contribution is 0.478. The first-order chi connectivity index (χ1) is 7.25. The van der Waals surface area contributed by atoms with E-state index in [1.165, 1.54) is 19.3 Å². The van der Waals surface area contributed by atoms with E-state index in [2.05, 4.69) is 56.3 Å². The van der Waals surface area contributed by atoms with Gasteiger partial charge in [0.1, 0.15) is 5.65 Å². The molecule has 1 aliphatic carbocycles. The Morgan fingerprint density at radius 2 is 2.33 bits per heavy atom. The Bertz CT molecular complexity index is 514. The van der Waals surface area contributed by atoms with Crippen LogP contribution in [0.3, 0.4) is 0 Å². The zero-order chi connectivity index (χ0) is 10.5. The Kier molecular flexibility index (Phi) is 2.02. The highest BCUT2D eigenvalue weighted by molar-refractivity contribution is 14.1. The largest absolute Gasteiger partial charge is 0.326 e. The molecule has 0 saturated heterocycles. The van der Waals surface area contributed by atoms with Gasteiger partial charge in [-0.25, -0.2) is 9.97 Å². The van der Waals surface area contributed by atoms with Crippen LogP contribution in [0.4, 0.5) is 0 Å². The lowest BCUT2D eigenvalue weighted by Gasteiger charge is -2.15. The van der Waals surface area contributed by atoms with Crippen molar-refractivity contribution in [2.45, 2.75) is 31.7 Å². The van der Waals surface area contributed by atoms with Gasteiger partial charge < -0.3 is 4.57 Å². The van der Waals surface area contributed by atoms with Gasteiger partial charge in [-0.3, -0.25) is 0 Å².